The van der Waals surface area contributed by atoms with Gasteiger partial charge in [0.05, 0.1) is 27.1 Å². The summed E-state index contributed by atoms with van der Waals surface area (Å²) >= 11 is 0. The maximum Gasteiger partial charge on any atom is 0.407 e. The normalized spacial score (nSPS) is 11.7. The van der Waals surface area contributed by atoms with Gasteiger partial charge in [-0.05, 0) is 49.1 Å². The molecule has 1 N–H and O–H groups in total. The smallest absolute Gasteiger partial charge is 0.407 e. The molecule has 30 heavy (non-hydrogen) atoms. The molecule has 0 spiro atoms. The second-order valence-electron chi connectivity index (χ2n) is 6.68. The van der Waals surface area contributed by atoms with E-state index in [1.165, 1.54) is 0 Å². The van der Waals surface area contributed by atoms with Crippen LogP contribution in [0.25, 0.3) is 6.08 Å². The molecule has 0 aliphatic heterocycles. The first kappa shape index (κ1) is 23.1. The van der Waals surface area contributed by atoms with Crippen LogP contribution in [0.5, 0.6) is 11.5 Å². The van der Waals surface area contributed by atoms with Crippen LogP contribution in [0.2, 0.25) is 0 Å². The molecule has 0 aliphatic rings. The van der Waals surface area contributed by atoms with Crippen LogP contribution in [-0.2, 0) is 22.5 Å². The van der Waals surface area contributed by atoms with Crippen molar-refractivity contribution in [3.05, 3.63) is 65.4 Å². The Morgan fingerprint density at radius 3 is 2.43 bits per heavy atom. The summed E-state index contributed by atoms with van der Waals surface area (Å²) in [5.41, 5.74) is 2.75. The number of carbonyl (C=O) groups excluding carboxylic acids is 1. The summed E-state index contributed by atoms with van der Waals surface area (Å²) in [7, 11) is 3.25. The number of rotatable bonds is 11. The number of amides is 1. The van der Waals surface area contributed by atoms with E-state index in [0.29, 0.717) is 18.8 Å². The van der Waals surface area contributed by atoms with Crippen LogP contribution in [0.3, 0.4) is 0 Å². The minimum Gasteiger partial charge on any atom is -0.501 e. The Bertz CT molecular complexity index is 820. The third-order valence-electron chi connectivity index (χ3n) is 4.64. The van der Waals surface area contributed by atoms with E-state index < -0.39 is 6.09 Å². The molecule has 1 amide bonds. The molecule has 2 rings (SSSR count). The molecule has 0 radical (unpaired) electrons. The number of benzene rings is 2. The number of ether oxygens (including phenoxy) is 4. The fourth-order valence-electron chi connectivity index (χ4n) is 2.99. The first-order valence-electron chi connectivity index (χ1n) is 10.1. The van der Waals surface area contributed by atoms with E-state index in [2.05, 4.69) is 5.32 Å². The van der Waals surface area contributed by atoms with Gasteiger partial charge < -0.3 is 24.3 Å². The first-order valence-corrected chi connectivity index (χ1v) is 10.1. The van der Waals surface area contributed by atoms with Crippen LogP contribution in [0.4, 0.5) is 4.79 Å². The molecule has 2 aromatic rings. The summed E-state index contributed by atoms with van der Waals surface area (Å²) in [5.74, 6) is 1.44. The summed E-state index contributed by atoms with van der Waals surface area (Å²) in [6, 6.07) is 13.3. The average Bonchev–Trinajstić information content (AvgIpc) is 2.78. The largest absolute Gasteiger partial charge is 0.501 e. The first-order chi connectivity index (χ1) is 14.6. The highest BCUT2D eigenvalue weighted by Crippen LogP contribution is 2.31. The molecule has 0 bridgehead atoms. The SMILES string of the molecule is CCO/C=C/c1cc(OC)c(CC(CC)NC(=O)OCc2ccccc2)cc1OC. The maximum absolute atomic E-state index is 12.2. The highest BCUT2D eigenvalue weighted by atomic mass is 16.5. The van der Waals surface area contributed by atoms with Crippen LogP contribution in [-0.4, -0.2) is 33.0 Å². The van der Waals surface area contributed by atoms with Gasteiger partial charge >= 0.3 is 6.09 Å². The topological polar surface area (TPSA) is 66.0 Å². The van der Waals surface area contributed by atoms with Crippen molar-refractivity contribution in [1.29, 1.82) is 0 Å². The van der Waals surface area contributed by atoms with Gasteiger partial charge in [-0.3, -0.25) is 0 Å². The Balaban J connectivity index is 2.06. The van der Waals surface area contributed by atoms with Gasteiger partial charge in [0.2, 0.25) is 0 Å². The Morgan fingerprint density at radius 1 is 1.07 bits per heavy atom. The van der Waals surface area contributed by atoms with E-state index >= 15 is 0 Å². The molecule has 0 saturated heterocycles. The van der Waals surface area contributed by atoms with E-state index in [1.54, 1.807) is 20.5 Å². The van der Waals surface area contributed by atoms with Crippen molar-refractivity contribution in [3.8, 4) is 11.5 Å². The molecule has 2 aromatic carbocycles. The Kier molecular flexibility index (Phi) is 9.58. The highest BCUT2D eigenvalue weighted by Gasteiger charge is 2.17. The molecule has 1 atom stereocenters. The van der Waals surface area contributed by atoms with Crippen molar-refractivity contribution >= 4 is 12.2 Å². The van der Waals surface area contributed by atoms with Crippen molar-refractivity contribution in [1.82, 2.24) is 5.32 Å². The van der Waals surface area contributed by atoms with Crippen LogP contribution < -0.4 is 14.8 Å². The molecule has 0 fully saturated rings. The zero-order valence-electron chi connectivity index (χ0n) is 18.1. The van der Waals surface area contributed by atoms with E-state index in [-0.39, 0.29) is 12.6 Å². The molecular formula is C24H31NO5. The van der Waals surface area contributed by atoms with Gasteiger partial charge in [-0.15, -0.1) is 0 Å². The number of methoxy groups -OCH3 is 2. The molecule has 1 unspecified atom stereocenters. The lowest BCUT2D eigenvalue weighted by molar-refractivity contribution is 0.135. The van der Waals surface area contributed by atoms with Gasteiger partial charge in [-0.2, -0.15) is 0 Å². The minimum atomic E-state index is -0.437. The number of hydrogen-bond donors (Lipinski definition) is 1. The second-order valence-corrected chi connectivity index (χ2v) is 6.68. The number of nitrogens with one attached hydrogen (secondary N) is 1. The van der Waals surface area contributed by atoms with E-state index in [0.717, 1.165) is 28.9 Å². The fourth-order valence-corrected chi connectivity index (χ4v) is 2.99. The van der Waals surface area contributed by atoms with Crippen LogP contribution in [0.15, 0.2) is 48.7 Å². The summed E-state index contributed by atoms with van der Waals surface area (Å²) in [4.78, 5) is 12.2. The van der Waals surface area contributed by atoms with E-state index in [9.17, 15) is 4.79 Å². The number of hydrogen-bond acceptors (Lipinski definition) is 5. The molecule has 0 aromatic heterocycles. The van der Waals surface area contributed by atoms with Gasteiger partial charge in [0.1, 0.15) is 18.1 Å². The average molecular weight is 414 g/mol. The van der Waals surface area contributed by atoms with Gasteiger partial charge in [0, 0.05) is 11.6 Å². The van der Waals surface area contributed by atoms with Gasteiger partial charge in [0.15, 0.2) is 0 Å². The Morgan fingerprint density at radius 2 is 1.80 bits per heavy atom. The summed E-state index contributed by atoms with van der Waals surface area (Å²) in [6.07, 6.45) is 4.37. The zero-order valence-corrected chi connectivity index (χ0v) is 18.1. The molecule has 162 valence electrons. The van der Waals surface area contributed by atoms with Gasteiger partial charge in [-0.1, -0.05) is 37.3 Å². The predicted molar refractivity (Wildman–Crippen MR) is 118 cm³/mol. The van der Waals surface area contributed by atoms with Crippen LogP contribution >= 0.6 is 0 Å². The number of alkyl carbamates (subject to hydrolysis) is 1. The predicted octanol–water partition coefficient (Wildman–Crippen LogP) is 4.96. The minimum absolute atomic E-state index is 0.100. The third kappa shape index (κ3) is 7.03. The van der Waals surface area contributed by atoms with Crippen molar-refractivity contribution in [2.75, 3.05) is 20.8 Å². The van der Waals surface area contributed by atoms with Crippen molar-refractivity contribution < 1.29 is 23.7 Å². The molecule has 6 nitrogen and oxygen atoms in total. The maximum atomic E-state index is 12.2. The van der Waals surface area contributed by atoms with Crippen LogP contribution in [0.1, 0.15) is 37.0 Å². The molecule has 0 saturated carbocycles. The summed E-state index contributed by atoms with van der Waals surface area (Å²) in [5, 5.41) is 2.94. The fraction of sp³-hybridized carbons (Fsp3) is 0.375. The molecule has 0 aliphatic carbocycles. The van der Waals surface area contributed by atoms with E-state index in [4.69, 9.17) is 18.9 Å². The highest BCUT2D eigenvalue weighted by molar-refractivity contribution is 5.68. The van der Waals surface area contributed by atoms with Crippen LogP contribution in [0, 0.1) is 0 Å². The molecule has 6 heteroatoms. The lowest BCUT2D eigenvalue weighted by Gasteiger charge is -2.20. The van der Waals surface area contributed by atoms with Crippen molar-refractivity contribution in [2.45, 2.75) is 39.3 Å². The summed E-state index contributed by atoms with van der Waals surface area (Å²) in [6.45, 7) is 4.78. The number of carbonyl (C=O) groups is 1. The Labute approximate surface area is 178 Å². The van der Waals surface area contributed by atoms with Gasteiger partial charge in [0.25, 0.3) is 0 Å². The van der Waals surface area contributed by atoms with E-state index in [1.807, 2.05) is 62.4 Å². The standard InChI is InChI=1S/C24H31NO5/c1-5-21(25-24(26)30-17-18-10-8-7-9-11-18)14-20-16-22(27-3)19(12-13-29-6-2)15-23(20)28-4/h7-13,15-16,21H,5-6,14,17H2,1-4H3,(H,25,26)/b13-12+. The van der Waals surface area contributed by atoms with Gasteiger partial charge in [-0.25, -0.2) is 4.79 Å². The lowest BCUT2D eigenvalue weighted by atomic mass is 10.0. The molecular weight excluding hydrogens is 382 g/mol. The lowest BCUT2D eigenvalue weighted by Crippen LogP contribution is -2.36. The van der Waals surface area contributed by atoms with Crippen molar-refractivity contribution in [2.24, 2.45) is 0 Å². The quantitative estimate of drug-likeness (QED) is 0.528. The summed E-state index contributed by atoms with van der Waals surface area (Å²) < 4.78 is 21.7. The van der Waals surface area contributed by atoms with Crippen molar-refractivity contribution in [3.63, 3.8) is 0 Å². The zero-order chi connectivity index (χ0) is 21.8. The Hall–Kier alpha value is -3.15. The molecule has 0 heterocycles. The second kappa shape index (κ2) is 12.4. The third-order valence-corrected chi connectivity index (χ3v) is 4.64. The monoisotopic (exact) mass is 413 g/mol.